The number of rotatable bonds is 6. The number of benzene rings is 2. The minimum atomic E-state index is -0.0308. The van der Waals surface area contributed by atoms with Gasteiger partial charge in [0.25, 0.3) is 5.91 Å². The van der Waals surface area contributed by atoms with E-state index in [1.165, 1.54) is 24.9 Å². The fraction of sp³-hybridized carbons (Fsp3) is 0.480. The standard InChI is InChI=1S/C25H32N2O2/c1-19(27-16-8-12-21(18-27)20-10-3-2-4-11-20)9-7-13-22-17-26-25(28)23-14-5-6-15-24(23)29-22/h2-6,10-11,14-15,19,21-22H,7-9,12-13,16-18H2,1H3,(H,26,28). The molecule has 2 aromatic carbocycles. The lowest BCUT2D eigenvalue weighted by molar-refractivity contribution is 0.0948. The zero-order valence-electron chi connectivity index (χ0n) is 17.3. The highest BCUT2D eigenvalue weighted by Gasteiger charge is 2.25. The van der Waals surface area contributed by atoms with E-state index >= 15 is 0 Å². The molecule has 3 unspecified atom stereocenters. The highest BCUT2D eigenvalue weighted by molar-refractivity contribution is 5.97. The Morgan fingerprint density at radius 2 is 1.93 bits per heavy atom. The molecule has 0 aliphatic carbocycles. The van der Waals surface area contributed by atoms with Crippen molar-refractivity contribution in [2.45, 2.75) is 57.1 Å². The molecule has 3 atom stereocenters. The second-order valence-corrected chi connectivity index (χ2v) is 8.47. The van der Waals surface area contributed by atoms with Gasteiger partial charge in [-0.2, -0.15) is 0 Å². The lowest BCUT2D eigenvalue weighted by Gasteiger charge is -2.37. The molecule has 1 saturated heterocycles. The quantitative estimate of drug-likeness (QED) is 0.780. The Bertz CT molecular complexity index is 807. The minimum absolute atomic E-state index is 0.0308. The van der Waals surface area contributed by atoms with E-state index in [1.807, 2.05) is 24.3 Å². The molecule has 0 aromatic heterocycles. The van der Waals surface area contributed by atoms with Gasteiger partial charge in [-0.25, -0.2) is 0 Å². The number of carbonyl (C=O) groups is 1. The van der Waals surface area contributed by atoms with Gasteiger partial charge in [0.2, 0.25) is 0 Å². The van der Waals surface area contributed by atoms with E-state index < -0.39 is 0 Å². The molecule has 29 heavy (non-hydrogen) atoms. The number of piperidine rings is 1. The first-order valence-corrected chi connectivity index (χ1v) is 11.0. The van der Waals surface area contributed by atoms with Crippen molar-refractivity contribution in [2.24, 2.45) is 0 Å². The maximum Gasteiger partial charge on any atom is 0.255 e. The molecule has 0 saturated carbocycles. The van der Waals surface area contributed by atoms with Crippen molar-refractivity contribution < 1.29 is 9.53 Å². The van der Waals surface area contributed by atoms with Crippen LogP contribution in [0.2, 0.25) is 0 Å². The fourth-order valence-electron chi connectivity index (χ4n) is 4.67. The molecule has 2 heterocycles. The first-order chi connectivity index (χ1) is 14.2. The van der Waals surface area contributed by atoms with Crippen molar-refractivity contribution in [1.29, 1.82) is 0 Å². The van der Waals surface area contributed by atoms with Crippen molar-refractivity contribution >= 4 is 5.91 Å². The van der Waals surface area contributed by atoms with Gasteiger partial charge in [0.1, 0.15) is 11.9 Å². The topological polar surface area (TPSA) is 41.6 Å². The number of fused-ring (bicyclic) bond motifs is 1. The summed E-state index contributed by atoms with van der Waals surface area (Å²) in [5.74, 6) is 1.34. The van der Waals surface area contributed by atoms with Gasteiger partial charge < -0.3 is 15.0 Å². The van der Waals surface area contributed by atoms with Crippen LogP contribution in [0.15, 0.2) is 54.6 Å². The Balaban J connectivity index is 1.27. The first-order valence-electron chi connectivity index (χ1n) is 11.0. The summed E-state index contributed by atoms with van der Waals surface area (Å²) < 4.78 is 6.13. The predicted octanol–water partition coefficient (Wildman–Crippen LogP) is 4.62. The van der Waals surface area contributed by atoms with Crippen LogP contribution in [0.25, 0.3) is 0 Å². The third-order valence-electron chi connectivity index (χ3n) is 6.41. The highest BCUT2D eigenvalue weighted by Crippen LogP contribution is 2.29. The third kappa shape index (κ3) is 4.99. The van der Waals surface area contributed by atoms with Crippen LogP contribution in [0.1, 0.15) is 60.9 Å². The van der Waals surface area contributed by atoms with Crippen LogP contribution >= 0.6 is 0 Å². The molecule has 1 amide bonds. The second-order valence-electron chi connectivity index (χ2n) is 8.47. The van der Waals surface area contributed by atoms with Crippen LogP contribution in [0.3, 0.4) is 0 Å². The third-order valence-corrected chi connectivity index (χ3v) is 6.41. The van der Waals surface area contributed by atoms with Crippen LogP contribution < -0.4 is 10.1 Å². The summed E-state index contributed by atoms with van der Waals surface area (Å²) in [6, 6.07) is 19.1. The van der Waals surface area contributed by atoms with Gasteiger partial charge in [0, 0.05) is 12.6 Å². The van der Waals surface area contributed by atoms with Crippen LogP contribution in [0.4, 0.5) is 0 Å². The van der Waals surface area contributed by atoms with Crippen molar-refractivity contribution in [3.8, 4) is 5.75 Å². The number of nitrogens with zero attached hydrogens (tertiary/aromatic N) is 1. The van der Waals surface area contributed by atoms with Crippen molar-refractivity contribution in [3.63, 3.8) is 0 Å². The number of likely N-dealkylation sites (tertiary alicyclic amines) is 1. The molecule has 2 aromatic rings. The molecule has 2 aliphatic heterocycles. The molecule has 0 bridgehead atoms. The number of hydrogen-bond donors (Lipinski definition) is 1. The number of hydrogen-bond acceptors (Lipinski definition) is 3. The lowest BCUT2D eigenvalue weighted by Crippen LogP contribution is -2.40. The normalized spacial score (nSPS) is 23.4. The lowest BCUT2D eigenvalue weighted by atomic mass is 9.89. The predicted molar refractivity (Wildman–Crippen MR) is 116 cm³/mol. The van der Waals surface area contributed by atoms with E-state index in [2.05, 4.69) is 47.5 Å². The number of carbonyl (C=O) groups excluding carboxylic acids is 1. The van der Waals surface area contributed by atoms with Crippen molar-refractivity contribution in [3.05, 3.63) is 65.7 Å². The van der Waals surface area contributed by atoms with E-state index in [-0.39, 0.29) is 12.0 Å². The van der Waals surface area contributed by atoms with Crippen molar-refractivity contribution in [2.75, 3.05) is 19.6 Å². The van der Waals surface area contributed by atoms with Crippen LogP contribution in [0.5, 0.6) is 5.75 Å². The second kappa shape index (κ2) is 9.45. The van der Waals surface area contributed by atoms with E-state index in [4.69, 9.17) is 4.74 Å². The largest absolute Gasteiger partial charge is 0.488 e. The van der Waals surface area contributed by atoms with Crippen LogP contribution in [-0.2, 0) is 0 Å². The number of amides is 1. The average molecular weight is 393 g/mol. The molecule has 4 nitrogen and oxygen atoms in total. The first kappa shape index (κ1) is 20.0. The van der Waals surface area contributed by atoms with E-state index in [1.54, 1.807) is 0 Å². The minimum Gasteiger partial charge on any atom is -0.488 e. The number of para-hydroxylation sites is 1. The summed E-state index contributed by atoms with van der Waals surface area (Å²) >= 11 is 0. The number of ether oxygens (including phenoxy) is 1. The molecule has 2 aliphatic rings. The van der Waals surface area contributed by atoms with E-state index in [0.29, 0.717) is 29.8 Å². The van der Waals surface area contributed by atoms with Gasteiger partial charge in [0.05, 0.1) is 12.1 Å². The summed E-state index contributed by atoms with van der Waals surface area (Å²) in [7, 11) is 0. The van der Waals surface area contributed by atoms with E-state index in [0.717, 1.165) is 25.8 Å². The molecule has 1 fully saturated rings. The van der Waals surface area contributed by atoms with Gasteiger partial charge in [-0.1, -0.05) is 42.5 Å². The monoisotopic (exact) mass is 392 g/mol. The molecule has 1 N–H and O–H groups in total. The van der Waals surface area contributed by atoms with Crippen LogP contribution in [-0.4, -0.2) is 42.6 Å². The summed E-state index contributed by atoms with van der Waals surface area (Å²) in [5.41, 5.74) is 2.12. The summed E-state index contributed by atoms with van der Waals surface area (Å²) in [6.07, 6.45) is 5.86. The Hall–Kier alpha value is -2.33. The molecular formula is C25H32N2O2. The smallest absolute Gasteiger partial charge is 0.255 e. The maximum atomic E-state index is 12.2. The molecule has 4 heteroatoms. The average Bonchev–Trinajstić information content (AvgIpc) is 2.93. The zero-order valence-corrected chi connectivity index (χ0v) is 17.3. The Morgan fingerprint density at radius 3 is 2.79 bits per heavy atom. The molecular weight excluding hydrogens is 360 g/mol. The Morgan fingerprint density at radius 1 is 1.14 bits per heavy atom. The summed E-state index contributed by atoms with van der Waals surface area (Å²) in [6.45, 7) is 5.31. The van der Waals surface area contributed by atoms with Crippen molar-refractivity contribution in [1.82, 2.24) is 10.2 Å². The van der Waals surface area contributed by atoms with Gasteiger partial charge in [0.15, 0.2) is 0 Å². The molecule has 4 rings (SSSR count). The Kier molecular flexibility index (Phi) is 6.50. The highest BCUT2D eigenvalue weighted by atomic mass is 16.5. The zero-order chi connectivity index (χ0) is 20.1. The summed E-state index contributed by atoms with van der Waals surface area (Å²) in [4.78, 5) is 14.8. The molecule has 154 valence electrons. The van der Waals surface area contributed by atoms with Gasteiger partial charge in [-0.05, 0) is 69.2 Å². The SMILES string of the molecule is CC(CCCC1CNC(=O)c2ccccc2O1)N1CCCC(c2ccccc2)C1. The van der Waals surface area contributed by atoms with E-state index in [9.17, 15) is 4.79 Å². The van der Waals surface area contributed by atoms with Gasteiger partial charge >= 0.3 is 0 Å². The van der Waals surface area contributed by atoms with Crippen LogP contribution in [0, 0.1) is 0 Å². The Labute approximate surface area is 174 Å². The summed E-state index contributed by atoms with van der Waals surface area (Å²) in [5, 5.41) is 3.00. The molecule has 0 spiro atoms. The maximum absolute atomic E-state index is 12.2. The van der Waals surface area contributed by atoms with Gasteiger partial charge in [-0.15, -0.1) is 0 Å². The number of nitrogens with one attached hydrogen (secondary N) is 1. The molecule has 0 radical (unpaired) electrons. The fourth-order valence-corrected chi connectivity index (χ4v) is 4.67. The van der Waals surface area contributed by atoms with Gasteiger partial charge in [-0.3, -0.25) is 4.79 Å².